The highest BCUT2D eigenvalue weighted by Crippen LogP contribution is 2.28. The van der Waals surface area contributed by atoms with Crippen molar-refractivity contribution in [1.29, 1.82) is 10.5 Å². The van der Waals surface area contributed by atoms with Gasteiger partial charge in [-0.1, -0.05) is 24.3 Å². The van der Waals surface area contributed by atoms with Crippen LogP contribution in [-0.2, 0) is 0 Å². The number of hydrogen-bond donors (Lipinski definition) is 0. The zero-order valence-electron chi connectivity index (χ0n) is 17.3. The van der Waals surface area contributed by atoms with Crippen LogP contribution in [0.4, 0.5) is 8.78 Å². The van der Waals surface area contributed by atoms with Crippen molar-refractivity contribution in [3.63, 3.8) is 0 Å². The van der Waals surface area contributed by atoms with Crippen molar-refractivity contribution in [2.75, 3.05) is 6.79 Å². The third-order valence-corrected chi connectivity index (χ3v) is 4.98. The third-order valence-electron chi connectivity index (χ3n) is 4.98. The fraction of sp³-hybridized carbons (Fsp3) is 0.0370. The highest BCUT2D eigenvalue weighted by atomic mass is 19.1. The number of rotatable bonds is 6. The van der Waals surface area contributed by atoms with Crippen LogP contribution in [0.3, 0.4) is 0 Å². The second kappa shape index (κ2) is 9.64. The van der Waals surface area contributed by atoms with Crippen molar-refractivity contribution in [2.45, 2.75) is 0 Å². The SMILES string of the molecule is N#Cc1ccc(-c2ccc(OCOc3ccc(-c4ccc(C#N)cc4)c(F)c3)cc2F)cc1. The number of ether oxygens (including phenoxy) is 2. The molecular weight excluding hydrogens is 422 g/mol. The Hall–Kier alpha value is -4.68. The van der Waals surface area contributed by atoms with E-state index in [1.165, 1.54) is 12.1 Å². The lowest BCUT2D eigenvalue weighted by atomic mass is 10.0. The lowest BCUT2D eigenvalue weighted by Gasteiger charge is -2.11. The maximum Gasteiger partial charge on any atom is 0.230 e. The molecule has 0 aliphatic carbocycles. The van der Waals surface area contributed by atoms with E-state index in [0.717, 1.165) is 0 Å². The molecular formula is C27H16F2N2O2. The van der Waals surface area contributed by atoms with Crippen LogP contribution in [0.1, 0.15) is 11.1 Å². The van der Waals surface area contributed by atoms with E-state index in [1.54, 1.807) is 72.8 Å². The predicted octanol–water partition coefficient (Wildman–Crippen LogP) is 6.46. The van der Waals surface area contributed by atoms with Crippen LogP contribution < -0.4 is 9.47 Å². The Morgan fingerprint density at radius 3 is 1.30 bits per heavy atom. The molecule has 0 spiro atoms. The maximum atomic E-state index is 14.5. The largest absolute Gasteiger partial charge is 0.457 e. The predicted molar refractivity (Wildman–Crippen MR) is 119 cm³/mol. The van der Waals surface area contributed by atoms with Crippen molar-refractivity contribution >= 4 is 0 Å². The summed E-state index contributed by atoms with van der Waals surface area (Å²) in [6.07, 6.45) is 0. The van der Waals surface area contributed by atoms with E-state index in [9.17, 15) is 8.78 Å². The standard InChI is InChI=1S/C27H16F2N2O2/c28-26-13-22(9-11-24(26)20-5-1-18(15-30)2-6-20)32-17-33-23-10-12-25(27(29)14-23)21-7-3-19(16-31)4-8-21/h1-14H,17H2. The van der Waals surface area contributed by atoms with E-state index in [1.807, 2.05) is 12.1 Å². The van der Waals surface area contributed by atoms with Crippen LogP contribution in [-0.4, -0.2) is 6.79 Å². The molecule has 0 fully saturated rings. The molecule has 0 N–H and O–H groups in total. The zero-order valence-corrected chi connectivity index (χ0v) is 17.3. The molecule has 33 heavy (non-hydrogen) atoms. The van der Waals surface area contributed by atoms with E-state index < -0.39 is 11.6 Å². The molecule has 0 saturated carbocycles. The Labute approximate surface area is 189 Å². The molecule has 0 saturated heterocycles. The number of benzene rings is 4. The molecule has 0 unspecified atom stereocenters. The summed E-state index contributed by atoms with van der Waals surface area (Å²) in [6, 6.07) is 26.1. The van der Waals surface area contributed by atoms with E-state index in [-0.39, 0.29) is 18.3 Å². The van der Waals surface area contributed by atoms with Crippen molar-refractivity contribution in [1.82, 2.24) is 0 Å². The van der Waals surface area contributed by atoms with Gasteiger partial charge < -0.3 is 9.47 Å². The molecule has 0 heterocycles. The topological polar surface area (TPSA) is 66.0 Å². The zero-order chi connectivity index (χ0) is 23.2. The second-order valence-corrected chi connectivity index (χ2v) is 7.07. The van der Waals surface area contributed by atoms with Gasteiger partial charge in [-0.2, -0.15) is 10.5 Å². The molecule has 4 aromatic rings. The fourth-order valence-electron chi connectivity index (χ4n) is 3.25. The number of hydrogen-bond acceptors (Lipinski definition) is 4. The van der Waals surface area contributed by atoms with Crippen LogP contribution in [0.15, 0.2) is 84.9 Å². The molecule has 4 aromatic carbocycles. The van der Waals surface area contributed by atoms with Gasteiger partial charge in [0.1, 0.15) is 23.1 Å². The summed E-state index contributed by atoms with van der Waals surface area (Å²) in [6.45, 7) is -0.231. The Kier molecular flexibility index (Phi) is 6.29. The van der Waals surface area contributed by atoms with E-state index >= 15 is 0 Å². The lowest BCUT2D eigenvalue weighted by molar-refractivity contribution is 0.119. The molecule has 0 atom stereocenters. The maximum absolute atomic E-state index is 14.5. The van der Waals surface area contributed by atoms with Gasteiger partial charge in [0.05, 0.1) is 23.3 Å². The van der Waals surface area contributed by atoms with E-state index in [0.29, 0.717) is 33.4 Å². The van der Waals surface area contributed by atoms with Gasteiger partial charge in [-0.25, -0.2) is 8.78 Å². The molecule has 0 amide bonds. The molecule has 0 aliphatic heterocycles. The molecule has 0 bridgehead atoms. The average molecular weight is 438 g/mol. The average Bonchev–Trinajstić information content (AvgIpc) is 2.84. The van der Waals surface area contributed by atoms with Gasteiger partial charge in [0.15, 0.2) is 0 Å². The number of nitrogens with zero attached hydrogens (tertiary/aromatic N) is 2. The first-order valence-electron chi connectivity index (χ1n) is 9.93. The highest BCUT2D eigenvalue weighted by Gasteiger charge is 2.09. The quantitative estimate of drug-likeness (QED) is 0.324. The lowest BCUT2D eigenvalue weighted by Crippen LogP contribution is -2.06. The van der Waals surface area contributed by atoms with Crippen LogP contribution in [0, 0.1) is 34.3 Å². The Morgan fingerprint density at radius 2 is 0.970 bits per heavy atom. The summed E-state index contributed by atoms with van der Waals surface area (Å²) in [5.74, 6) is -0.427. The van der Waals surface area contributed by atoms with Gasteiger partial charge in [-0.3, -0.25) is 0 Å². The van der Waals surface area contributed by atoms with Gasteiger partial charge in [0.2, 0.25) is 6.79 Å². The normalized spacial score (nSPS) is 10.2. The van der Waals surface area contributed by atoms with Crippen LogP contribution >= 0.6 is 0 Å². The minimum Gasteiger partial charge on any atom is -0.457 e. The van der Waals surface area contributed by atoms with Crippen LogP contribution in [0.25, 0.3) is 22.3 Å². The molecule has 0 aromatic heterocycles. The third kappa shape index (κ3) is 4.98. The molecule has 6 heteroatoms. The number of nitriles is 2. The smallest absolute Gasteiger partial charge is 0.230 e. The van der Waals surface area contributed by atoms with Gasteiger partial charge in [-0.15, -0.1) is 0 Å². The van der Waals surface area contributed by atoms with E-state index in [4.69, 9.17) is 20.0 Å². The van der Waals surface area contributed by atoms with Crippen molar-refractivity contribution in [3.05, 3.63) is 108 Å². The summed E-state index contributed by atoms with van der Waals surface area (Å²) in [5, 5.41) is 17.7. The van der Waals surface area contributed by atoms with Crippen molar-refractivity contribution in [3.8, 4) is 45.9 Å². The second-order valence-electron chi connectivity index (χ2n) is 7.07. The van der Waals surface area contributed by atoms with Crippen LogP contribution in [0.2, 0.25) is 0 Å². The summed E-state index contributed by atoms with van der Waals surface area (Å²) in [4.78, 5) is 0. The summed E-state index contributed by atoms with van der Waals surface area (Å²) >= 11 is 0. The minimum absolute atomic E-state index is 0.231. The molecule has 160 valence electrons. The van der Waals surface area contributed by atoms with Crippen LogP contribution in [0.5, 0.6) is 11.5 Å². The molecule has 4 rings (SSSR count). The highest BCUT2D eigenvalue weighted by molar-refractivity contribution is 5.66. The summed E-state index contributed by atoms with van der Waals surface area (Å²) < 4.78 is 39.9. The van der Waals surface area contributed by atoms with Gasteiger partial charge in [-0.05, 0) is 59.7 Å². The monoisotopic (exact) mass is 438 g/mol. The first kappa shape index (κ1) is 21.5. The number of halogens is 2. The Bertz CT molecular complexity index is 1260. The van der Waals surface area contributed by atoms with Gasteiger partial charge in [0.25, 0.3) is 0 Å². The fourth-order valence-corrected chi connectivity index (χ4v) is 3.25. The first-order chi connectivity index (χ1) is 16.1. The molecule has 4 nitrogen and oxygen atoms in total. The van der Waals surface area contributed by atoms with Crippen molar-refractivity contribution in [2.24, 2.45) is 0 Å². The van der Waals surface area contributed by atoms with E-state index in [2.05, 4.69) is 0 Å². The summed E-state index contributed by atoms with van der Waals surface area (Å²) in [5.41, 5.74) is 3.05. The Morgan fingerprint density at radius 1 is 0.576 bits per heavy atom. The summed E-state index contributed by atoms with van der Waals surface area (Å²) in [7, 11) is 0. The van der Waals surface area contributed by atoms with Gasteiger partial charge >= 0.3 is 0 Å². The molecule has 0 radical (unpaired) electrons. The minimum atomic E-state index is -0.477. The molecule has 0 aliphatic rings. The Balaban J connectivity index is 1.38. The van der Waals surface area contributed by atoms with Gasteiger partial charge in [0, 0.05) is 23.3 Å². The first-order valence-corrected chi connectivity index (χ1v) is 9.93. The van der Waals surface area contributed by atoms with Crippen molar-refractivity contribution < 1.29 is 18.3 Å².